The number of hydrogen-bond donors (Lipinski definition) is 1. The van der Waals surface area contributed by atoms with E-state index in [-0.39, 0.29) is 5.57 Å². The van der Waals surface area contributed by atoms with E-state index in [0.29, 0.717) is 5.03 Å². The fourth-order valence-electron chi connectivity index (χ4n) is 0.820. The minimum atomic E-state index is -0.575. The molecule has 4 nitrogen and oxygen atoms in total. The van der Waals surface area contributed by atoms with Crippen molar-refractivity contribution in [3.63, 3.8) is 0 Å². The lowest BCUT2D eigenvalue weighted by Crippen LogP contribution is -2.12. The molecule has 0 aliphatic carbocycles. The van der Waals surface area contributed by atoms with Gasteiger partial charge >= 0.3 is 5.97 Å². The molecule has 1 aliphatic heterocycles. The SMILES string of the molecule is COC(=O)C(C#N)=C1NCCS1. The molecule has 1 fully saturated rings. The first-order valence-corrected chi connectivity index (χ1v) is 4.37. The van der Waals surface area contributed by atoms with Crippen LogP contribution in [0.2, 0.25) is 0 Å². The summed E-state index contributed by atoms with van der Waals surface area (Å²) in [7, 11) is 1.26. The van der Waals surface area contributed by atoms with Crippen LogP contribution in [-0.2, 0) is 9.53 Å². The number of carbonyl (C=O) groups excluding carboxylic acids is 1. The smallest absolute Gasteiger partial charge is 0.351 e. The van der Waals surface area contributed by atoms with E-state index >= 15 is 0 Å². The molecule has 1 heterocycles. The summed E-state index contributed by atoms with van der Waals surface area (Å²) in [6.45, 7) is 0.794. The van der Waals surface area contributed by atoms with Gasteiger partial charge in [-0.1, -0.05) is 0 Å². The van der Waals surface area contributed by atoms with Gasteiger partial charge in [0.15, 0.2) is 5.57 Å². The van der Waals surface area contributed by atoms with Crippen LogP contribution >= 0.6 is 11.8 Å². The lowest BCUT2D eigenvalue weighted by molar-refractivity contribution is -0.135. The third-order valence-corrected chi connectivity index (χ3v) is 2.41. The summed E-state index contributed by atoms with van der Waals surface area (Å²) in [5, 5.41) is 12.2. The molecule has 0 atom stereocenters. The van der Waals surface area contributed by atoms with Crippen molar-refractivity contribution in [1.82, 2.24) is 5.32 Å². The highest BCUT2D eigenvalue weighted by atomic mass is 32.2. The molecule has 0 spiro atoms. The first kappa shape index (κ1) is 8.94. The van der Waals surface area contributed by atoms with E-state index in [1.165, 1.54) is 18.9 Å². The number of carbonyl (C=O) groups is 1. The molecule has 0 aromatic heterocycles. The van der Waals surface area contributed by atoms with Gasteiger partial charge in [-0.05, 0) is 0 Å². The number of hydrogen-bond acceptors (Lipinski definition) is 5. The topological polar surface area (TPSA) is 62.1 Å². The number of nitrogens with zero attached hydrogens (tertiary/aromatic N) is 1. The van der Waals surface area contributed by atoms with Crippen LogP contribution in [0.25, 0.3) is 0 Å². The van der Waals surface area contributed by atoms with Crippen molar-refractivity contribution in [3.8, 4) is 6.07 Å². The summed E-state index contributed by atoms with van der Waals surface area (Å²) < 4.78 is 4.44. The van der Waals surface area contributed by atoms with Gasteiger partial charge in [-0.2, -0.15) is 5.26 Å². The molecule has 1 aliphatic rings. The zero-order valence-electron chi connectivity index (χ0n) is 6.59. The Hall–Kier alpha value is -1.15. The summed E-state index contributed by atoms with van der Waals surface area (Å²) >= 11 is 1.46. The van der Waals surface area contributed by atoms with Crippen LogP contribution in [0.5, 0.6) is 0 Å². The maximum absolute atomic E-state index is 11.0. The molecule has 5 heteroatoms. The van der Waals surface area contributed by atoms with Crippen LogP contribution in [0.4, 0.5) is 0 Å². The van der Waals surface area contributed by atoms with E-state index in [0.717, 1.165) is 12.3 Å². The quantitative estimate of drug-likeness (QED) is 0.359. The Morgan fingerprint density at radius 1 is 1.83 bits per heavy atom. The van der Waals surface area contributed by atoms with Gasteiger partial charge in [0.1, 0.15) is 6.07 Å². The molecule has 0 radical (unpaired) electrons. The molecule has 0 aromatic rings. The van der Waals surface area contributed by atoms with Crippen molar-refractivity contribution >= 4 is 17.7 Å². The van der Waals surface area contributed by atoms with Gasteiger partial charge in [-0.3, -0.25) is 0 Å². The number of thioether (sulfide) groups is 1. The summed E-state index contributed by atoms with van der Waals surface area (Å²) in [5.41, 5.74) is 0.0694. The summed E-state index contributed by atoms with van der Waals surface area (Å²) in [5.74, 6) is 0.312. The van der Waals surface area contributed by atoms with Gasteiger partial charge in [-0.25, -0.2) is 4.79 Å². The Morgan fingerprint density at radius 3 is 3.00 bits per heavy atom. The standard InChI is InChI=1S/C7H8N2O2S/c1-11-7(10)5(4-8)6-9-2-3-12-6/h9H,2-3H2,1H3. The van der Waals surface area contributed by atoms with Gasteiger partial charge in [0.2, 0.25) is 0 Å². The summed E-state index contributed by atoms with van der Waals surface area (Å²) in [4.78, 5) is 11.0. The normalized spacial score (nSPS) is 19.3. The molecule has 0 aromatic carbocycles. The highest BCUT2D eigenvalue weighted by Gasteiger charge is 2.18. The largest absolute Gasteiger partial charge is 0.465 e. The highest BCUT2D eigenvalue weighted by Crippen LogP contribution is 2.21. The number of esters is 1. The average molecular weight is 184 g/mol. The number of ether oxygens (including phenoxy) is 1. The highest BCUT2D eigenvalue weighted by molar-refractivity contribution is 8.03. The van der Waals surface area contributed by atoms with Crippen LogP contribution < -0.4 is 5.32 Å². The first-order chi connectivity index (χ1) is 5.79. The Kier molecular flexibility index (Phi) is 3.00. The number of methoxy groups -OCH3 is 1. The van der Waals surface area contributed by atoms with Gasteiger partial charge < -0.3 is 10.1 Å². The maximum atomic E-state index is 11.0. The molecule has 1 rings (SSSR count). The van der Waals surface area contributed by atoms with E-state index in [1.54, 1.807) is 0 Å². The van der Waals surface area contributed by atoms with Crippen molar-refractivity contribution < 1.29 is 9.53 Å². The fraction of sp³-hybridized carbons (Fsp3) is 0.429. The van der Waals surface area contributed by atoms with Crippen molar-refractivity contribution in [2.45, 2.75) is 0 Å². The van der Waals surface area contributed by atoms with Gasteiger partial charge in [-0.15, -0.1) is 11.8 Å². The second-order valence-electron chi connectivity index (χ2n) is 2.08. The zero-order chi connectivity index (χ0) is 8.97. The van der Waals surface area contributed by atoms with Crippen molar-refractivity contribution in [2.75, 3.05) is 19.4 Å². The first-order valence-electron chi connectivity index (χ1n) is 3.39. The monoisotopic (exact) mass is 184 g/mol. The minimum Gasteiger partial charge on any atom is -0.465 e. The Bertz CT molecular complexity index is 259. The van der Waals surface area contributed by atoms with E-state index in [9.17, 15) is 4.79 Å². The second kappa shape index (κ2) is 4.02. The Balaban J connectivity index is 2.86. The van der Waals surface area contributed by atoms with Crippen LogP contribution in [-0.4, -0.2) is 25.4 Å². The van der Waals surface area contributed by atoms with Gasteiger partial charge in [0.25, 0.3) is 0 Å². The van der Waals surface area contributed by atoms with Crippen molar-refractivity contribution in [1.29, 1.82) is 5.26 Å². The maximum Gasteiger partial charge on any atom is 0.351 e. The molecule has 1 saturated heterocycles. The third kappa shape index (κ3) is 1.71. The predicted octanol–water partition coefficient (Wildman–Crippen LogP) is 0.231. The molecular weight excluding hydrogens is 176 g/mol. The summed E-state index contributed by atoms with van der Waals surface area (Å²) in [6, 6.07) is 1.82. The molecule has 0 bridgehead atoms. The lowest BCUT2D eigenvalue weighted by Gasteiger charge is -2.00. The van der Waals surface area contributed by atoms with Gasteiger partial charge in [0.05, 0.1) is 12.1 Å². The Morgan fingerprint density at radius 2 is 2.58 bits per heavy atom. The van der Waals surface area contributed by atoms with Crippen LogP contribution in [0.15, 0.2) is 10.6 Å². The molecule has 0 amide bonds. The molecule has 0 unspecified atom stereocenters. The molecular formula is C7H8N2O2S. The minimum absolute atomic E-state index is 0.0694. The van der Waals surface area contributed by atoms with Crippen molar-refractivity contribution in [2.24, 2.45) is 0 Å². The second-order valence-corrected chi connectivity index (χ2v) is 3.19. The molecule has 64 valence electrons. The van der Waals surface area contributed by atoms with Crippen LogP contribution in [0.1, 0.15) is 0 Å². The van der Waals surface area contributed by atoms with E-state index in [4.69, 9.17) is 5.26 Å². The van der Waals surface area contributed by atoms with Crippen molar-refractivity contribution in [3.05, 3.63) is 10.6 Å². The lowest BCUT2D eigenvalue weighted by atomic mass is 10.3. The van der Waals surface area contributed by atoms with Gasteiger partial charge in [0, 0.05) is 12.3 Å². The van der Waals surface area contributed by atoms with Crippen LogP contribution in [0, 0.1) is 11.3 Å². The van der Waals surface area contributed by atoms with E-state index in [1.807, 2.05) is 6.07 Å². The summed E-state index contributed by atoms with van der Waals surface area (Å²) in [6.07, 6.45) is 0. The van der Waals surface area contributed by atoms with Crippen LogP contribution in [0.3, 0.4) is 0 Å². The third-order valence-electron chi connectivity index (χ3n) is 1.36. The number of nitrogens with one attached hydrogen (secondary N) is 1. The Labute approximate surface area is 74.6 Å². The molecule has 12 heavy (non-hydrogen) atoms. The molecule has 1 N–H and O–H groups in total. The van der Waals surface area contributed by atoms with E-state index < -0.39 is 5.97 Å². The number of nitriles is 1. The fourth-order valence-corrected chi connectivity index (χ4v) is 1.71. The average Bonchev–Trinajstić information content (AvgIpc) is 2.58. The zero-order valence-corrected chi connectivity index (χ0v) is 7.40. The predicted molar refractivity (Wildman–Crippen MR) is 45.1 cm³/mol. The van der Waals surface area contributed by atoms with E-state index in [2.05, 4.69) is 10.1 Å². The number of rotatable bonds is 1. The molecule has 0 saturated carbocycles.